The van der Waals surface area contributed by atoms with Crippen molar-refractivity contribution in [3.05, 3.63) is 65.9 Å². The molecule has 0 aliphatic heterocycles. The summed E-state index contributed by atoms with van der Waals surface area (Å²) in [5, 5.41) is 0.849. The number of hydrogen-bond donors (Lipinski definition) is 0. The average Bonchev–Trinajstić information content (AvgIpc) is 2.90. The Hall–Kier alpha value is -4.68. The van der Waals surface area contributed by atoms with Crippen molar-refractivity contribution in [2.24, 2.45) is 4.99 Å². The lowest BCUT2D eigenvalue weighted by molar-refractivity contribution is 0.171. The molecule has 0 radical (unpaired) electrons. The van der Waals surface area contributed by atoms with Gasteiger partial charge in [0.15, 0.2) is 11.5 Å². The van der Waals surface area contributed by atoms with Gasteiger partial charge in [0.25, 0.3) is 0 Å². The summed E-state index contributed by atoms with van der Waals surface area (Å²) in [6.45, 7) is 8.92. The second-order valence-corrected chi connectivity index (χ2v) is 8.84. The van der Waals surface area contributed by atoms with Crippen LogP contribution in [0.25, 0.3) is 17.0 Å². The Morgan fingerprint density at radius 3 is 2.21 bits per heavy atom. The zero-order chi connectivity index (χ0) is 27.8. The van der Waals surface area contributed by atoms with Gasteiger partial charge in [0.05, 0.1) is 6.54 Å². The molecule has 3 rings (SSSR count). The highest BCUT2D eigenvalue weighted by Gasteiger charge is 2.19. The summed E-state index contributed by atoms with van der Waals surface area (Å²) in [5.41, 5.74) is 3.56. The first-order chi connectivity index (χ1) is 18.2. The number of benzene rings is 2. The standard InChI is InChI=1S/C29H31N5O4/c1-8-17-34(18-20-12-14-24(37-28(35)32(4)5)26(30-3)22(20)9-2)19-21-13-15-25(38-29(36)33(6)7)27-23(21)11-10-16-31-27/h1,9-16H,2-3,17-19H2,4-7H3. The normalized spacial score (nSPS) is 10.5. The van der Waals surface area contributed by atoms with Crippen molar-refractivity contribution in [3.63, 3.8) is 0 Å². The molecule has 0 aliphatic carbocycles. The summed E-state index contributed by atoms with van der Waals surface area (Å²) in [7, 11) is 6.44. The maximum Gasteiger partial charge on any atom is 0.414 e. The molecule has 2 amide bonds. The van der Waals surface area contributed by atoms with Crippen LogP contribution in [0.2, 0.25) is 0 Å². The van der Waals surface area contributed by atoms with Gasteiger partial charge >= 0.3 is 12.2 Å². The van der Waals surface area contributed by atoms with Crippen LogP contribution in [0.15, 0.2) is 54.2 Å². The van der Waals surface area contributed by atoms with Crippen molar-refractivity contribution in [1.29, 1.82) is 0 Å². The van der Waals surface area contributed by atoms with E-state index >= 15 is 0 Å². The number of hydrogen-bond acceptors (Lipinski definition) is 7. The predicted molar refractivity (Wildman–Crippen MR) is 150 cm³/mol. The van der Waals surface area contributed by atoms with Crippen LogP contribution < -0.4 is 9.47 Å². The minimum atomic E-state index is -0.521. The van der Waals surface area contributed by atoms with Crippen LogP contribution in [0.5, 0.6) is 11.5 Å². The second kappa shape index (κ2) is 12.5. The first-order valence-corrected chi connectivity index (χ1v) is 11.8. The molecule has 196 valence electrons. The Kier molecular flexibility index (Phi) is 9.19. The zero-order valence-corrected chi connectivity index (χ0v) is 22.1. The fourth-order valence-corrected chi connectivity index (χ4v) is 3.82. The van der Waals surface area contributed by atoms with Crippen molar-refractivity contribution in [2.75, 3.05) is 34.7 Å². The van der Waals surface area contributed by atoms with E-state index in [1.54, 1.807) is 52.6 Å². The number of aliphatic imine (C=N–C) groups is 1. The number of pyridine rings is 1. The van der Waals surface area contributed by atoms with Crippen molar-refractivity contribution < 1.29 is 19.1 Å². The van der Waals surface area contributed by atoms with E-state index in [0.29, 0.717) is 47.9 Å². The maximum absolute atomic E-state index is 12.1. The zero-order valence-electron chi connectivity index (χ0n) is 22.1. The van der Waals surface area contributed by atoms with Gasteiger partial charge in [-0.15, -0.1) is 6.42 Å². The molecule has 9 heteroatoms. The van der Waals surface area contributed by atoms with Crippen LogP contribution in [0.3, 0.4) is 0 Å². The second-order valence-electron chi connectivity index (χ2n) is 8.84. The third-order valence-corrected chi connectivity index (χ3v) is 5.68. The number of terminal acetylenes is 1. The Morgan fingerprint density at radius 2 is 1.61 bits per heavy atom. The number of amides is 2. The molecule has 1 heterocycles. The molecule has 3 aromatic rings. The van der Waals surface area contributed by atoms with E-state index in [1.807, 2.05) is 24.3 Å². The number of carbonyl (C=O) groups is 2. The largest absolute Gasteiger partial charge is 0.414 e. The van der Waals surface area contributed by atoms with Crippen LogP contribution in [0.4, 0.5) is 15.3 Å². The molecule has 9 nitrogen and oxygen atoms in total. The molecule has 0 saturated heterocycles. The van der Waals surface area contributed by atoms with Crippen LogP contribution in [-0.4, -0.2) is 73.3 Å². The van der Waals surface area contributed by atoms with E-state index < -0.39 is 12.2 Å². The van der Waals surface area contributed by atoms with E-state index in [-0.39, 0.29) is 0 Å². The smallest absolute Gasteiger partial charge is 0.408 e. The van der Waals surface area contributed by atoms with Crippen molar-refractivity contribution >= 4 is 41.6 Å². The fraction of sp³-hybridized carbons (Fsp3) is 0.241. The minimum Gasteiger partial charge on any atom is -0.408 e. The van der Waals surface area contributed by atoms with Gasteiger partial charge in [-0.05, 0) is 36.0 Å². The Bertz CT molecular complexity index is 1410. The maximum atomic E-state index is 12.1. The van der Waals surface area contributed by atoms with Gasteiger partial charge < -0.3 is 19.3 Å². The highest BCUT2D eigenvalue weighted by molar-refractivity contribution is 5.89. The van der Waals surface area contributed by atoms with Crippen LogP contribution in [0, 0.1) is 12.3 Å². The summed E-state index contributed by atoms with van der Waals surface area (Å²) >= 11 is 0. The lowest BCUT2D eigenvalue weighted by Gasteiger charge is -2.23. The van der Waals surface area contributed by atoms with E-state index in [2.05, 4.69) is 34.1 Å². The molecule has 0 saturated carbocycles. The molecule has 38 heavy (non-hydrogen) atoms. The first-order valence-electron chi connectivity index (χ1n) is 11.8. The van der Waals surface area contributed by atoms with E-state index in [1.165, 1.54) is 9.80 Å². The monoisotopic (exact) mass is 513 g/mol. The van der Waals surface area contributed by atoms with Crippen molar-refractivity contribution in [3.8, 4) is 23.8 Å². The van der Waals surface area contributed by atoms with Gasteiger partial charge in [0.1, 0.15) is 11.2 Å². The molecule has 0 fully saturated rings. The predicted octanol–water partition coefficient (Wildman–Crippen LogP) is 4.97. The summed E-state index contributed by atoms with van der Waals surface area (Å²) in [6.07, 6.45) is 8.02. The molecule has 0 atom stereocenters. The van der Waals surface area contributed by atoms with Crippen molar-refractivity contribution in [2.45, 2.75) is 13.1 Å². The number of fused-ring (bicyclic) bond motifs is 1. The van der Waals surface area contributed by atoms with E-state index in [4.69, 9.17) is 15.9 Å². The summed E-state index contributed by atoms with van der Waals surface area (Å²) in [5.74, 6) is 3.39. The molecule has 0 aliphatic rings. The average molecular weight is 514 g/mol. The Morgan fingerprint density at radius 1 is 1.00 bits per heavy atom. The molecule has 0 unspecified atom stereocenters. The summed E-state index contributed by atoms with van der Waals surface area (Å²) in [4.78, 5) is 37.6. The van der Waals surface area contributed by atoms with Gasteiger partial charge in [-0.2, -0.15) is 0 Å². The topological polar surface area (TPSA) is 87.6 Å². The number of ether oxygens (including phenoxy) is 2. The fourth-order valence-electron chi connectivity index (χ4n) is 3.82. The highest BCUT2D eigenvalue weighted by Crippen LogP contribution is 2.36. The van der Waals surface area contributed by atoms with Crippen LogP contribution in [0.1, 0.15) is 16.7 Å². The molecular weight excluding hydrogens is 482 g/mol. The SMILES string of the molecule is C#CCN(Cc1ccc(OC(=O)N(C)C)c(N=C)c1C=C)Cc1ccc(OC(=O)N(C)C)c2ncccc12. The Labute approximate surface area is 223 Å². The van der Waals surface area contributed by atoms with Crippen LogP contribution >= 0.6 is 0 Å². The Balaban J connectivity index is 1.95. The number of nitrogens with zero attached hydrogens (tertiary/aromatic N) is 5. The quantitative estimate of drug-likeness (QED) is 0.297. The molecule has 0 spiro atoms. The third-order valence-electron chi connectivity index (χ3n) is 5.68. The molecule has 1 aromatic heterocycles. The summed E-state index contributed by atoms with van der Waals surface area (Å²) in [6, 6.07) is 11.0. The third kappa shape index (κ3) is 6.35. The van der Waals surface area contributed by atoms with Crippen molar-refractivity contribution in [1.82, 2.24) is 19.7 Å². The van der Waals surface area contributed by atoms with Gasteiger partial charge in [0.2, 0.25) is 0 Å². The van der Waals surface area contributed by atoms with Gasteiger partial charge in [0, 0.05) is 58.4 Å². The van der Waals surface area contributed by atoms with E-state index in [0.717, 1.165) is 16.5 Å². The summed E-state index contributed by atoms with van der Waals surface area (Å²) < 4.78 is 11.0. The molecular formula is C29H31N5O4. The first kappa shape index (κ1) is 27.9. The highest BCUT2D eigenvalue weighted by atomic mass is 16.6. The number of aromatic nitrogens is 1. The molecule has 0 bridgehead atoms. The minimum absolute atomic E-state index is 0.292. The molecule has 0 N–H and O–H groups in total. The van der Waals surface area contributed by atoms with Gasteiger partial charge in [-0.3, -0.25) is 14.9 Å². The van der Waals surface area contributed by atoms with E-state index in [9.17, 15) is 9.59 Å². The van der Waals surface area contributed by atoms with Gasteiger partial charge in [-0.25, -0.2) is 9.59 Å². The van der Waals surface area contributed by atoms with Gasteiger partial charge in [-0.1, -0.05) is 36.8 Å². The lowest BCUT2D eigenvalue weighted by Crippen LogP contribution is -2.26. The van der Waals surface area contributed by atoms with Crippen LogP contribution in [-0.2, 0) is 13.1 Å². The number of rotatable bonds is 9. The number of carbonyl (C=O) groups excluding carboxylic acids is 2. The lowest BCUT2D eigenvalue weighted by atomic mass is 10.0. The molecule has 2 aromatic carbocycles.